The highest BCUT2D eigenvalue weighted by Gasteiger charge is 2.26. The van der Waals surface area contributed by atoms with Gasteiger partial charge >= 0.3 is 12.2 Å². The van der Waals surface area contributed by atoms with Gasteiger partial charge in [-0.3, -0.25) is 4.84 Å². The Morgan fingerprint density at radius 1 is 0.958 bits per heavy atom. The maximum Gasteiger partial charge on any atom is 0.539 e. The van der Waals surface area contributed by atoms with E-state index in [0.717, 1.165) is 0 Å². The molecule has 0 heterocycles. The molecule has 0 N–H and O–H groups in total. The minimum absolute atomic E-state index is 0.271. The first-order valence-electron chi connectivity index (χ1n) is 7.07. The summed E-state index contributed by atoms with van der Waals surface area (Å²) in [5.74, 6) is 2.85. The Kier molecular flexibility index (Phi) is 5.81. The van der Waals surface area contributed by atoms with E-state index in [1.54, 1.807) is 60.7 Å². The Labute approximate surface area is 139 Å². The SMILES string of the molecule is C#C[C@H](C)N(OC(=O)Oc1ccccc1)C(=O)Oc1ccccc1. The average molecular weight is 325 g/mol. The molecule has 6 heteroatoms. The van der Waals surface area contributed by atoms with Gasteiger partial charge in [0.15, 0.2) is 0 Å². The highest BCUT2D eigenvalue weighted by atomic mass is 16.8. The molecule has 0 spiro atoms. The Morgan fingerprint density at radius 3 is 1.96 bits per heavy atom. The minimum atomic E-state index is -1.10. The summed E-state index contributed by atoms with van der Waals surface area (Å²) in [5.41, 5.74) is 0. The highest BCUT2D eigenvalue weighted by molar-refractivity contribution is 5.73. The number of hydrogen-bond acceptors (Lipinski definition) is 5. The third-order valence-corrected chi connectivity index (χ3v) is 2.84. The van der Waals surface area contributed by atoms with Crippen molar-refractivity contribution >= 4 is 12.2 Å². The number of amides is 1. The second kappa shape index (κ2) is 8.25. The standard InChI is InChI=1S/C18H15NO5/c1-3-14(2)19(17(20)22-15-10-6-4-7-11-15)24-18(21)23-16-12-8-5-9-13-16/h1,4-14H,2H3/t14-/m0/s1. The third kappa shape index (κ3) is 4.78. The molecule has 1 amide bonds. The molecule has 0 saturated heterocycles. The number of hydrogen-bond donors (Lipinski definition) is 0. The Balaban J connectivity index is 2.04. The van der Waals surface area contributed by atoms with Gasteiger partial charge in [-0.05, 0) is 31.2 Å². The molecule has 0 radical (unpaired) electrons. The number of nitrogens with zero attached hydrogens (tertiary/aromatic N) is 1. The maximum absolute atomic E-state index is 12.2. The number of carbonyl (C=O) groups excluding carboxylic acids is 2. The van der Waals surface area contributed by atoms with Crippen molar-refractivity contribution in [1.29, 1.82) is 0 Å². The quantitative estimate of drug-likeness (QED) is 0.373. The summed E-state index contributed by atoms with van der Waals surface area (Å²) in [6.45, 7) is 1.50. The molecule has 2 rings (SSSR count). The number of ether oxygens (including phenoxy) is 2. The summed E-state index contributed by atoms with van der Waals surface area (Å²) < 4.78 is 10.1. The summed E-state index contributed by atoms with van der Waals surface area (Å²) >= 11 is 0. The van der Waals surface area contributed by atoms with Crippen LogP contribution in [0, 0.1) is 12.3 Å². The normalized spacial score (nSPS) is 10.8. The Morgan fingerprint density at radius 2 is 1.46 bits per heavy atom. The molecule has 24 heavy (non-hydrogen) atoms. The molecule has 0 aliphatic heterocycles. The molecule has 1 atom stereocenters. The summed E-state index contributed by atoms with van der Waals surface area (Å²) in [4.78, 5) is 28.9. The Hall–Kier alpha value is -3.46. The lowest BCUT2D eigenvalue weighted by molar-refractivity contribution is -0.100. The first kappa shape index (κ1) is 16.9. The Bertz CT molecular complexity index is 724. The van der Waals surface area contributed by atoms with Crippen LogP contribution in [0.15, 0.2) is 60.7 Å². The van der Waals surface area contributed by atoms with E-state index in [4.69, 9.17) is 20.7 Å². The summed E-state index contributed by atoms with van der Waals surface area (Å²) in [5, 5.41) is 0.637. The van der Waals surface area contributed by atoms with Gasteiger partial charge in [0.2, 0.25) is 0 Å². The fraction of sp³-hybridized carbons (Fsp3) is 0.111. The van der Waals surface area contributed by atoms with Crippen LogP contribution in [-0.4, -0.2) is 23.4 Å². The van der Waals surface area contributed by atoms with Gasteiger partial charge in [-0.25, -0.2) is 9.59 Å². The number of carbonyl (C=O) groups is 2. The van der Waals surface area contributed by atoms with Crippen molar-refractivity contribution in [3.05, 3.63) is 60.7 Å². The molecule has 2 aromatic rings. The molecule has 0 aliphatic carbocycles. The van der Waals surface area contributed by atoms with Crippen molar-refractivity contribution in [2.45, 2.75) is 13.0 Å². The molecular formula is C18H15NO5. The predicted molar refractivity (Wildman–Crippen MR) is 86.2 cm³/mol. The lowest BCUT2D eigenvalue weighted by atomic mass is 10.3. The average Bonchev–Trinajstić information content (AvgIpc) is 2.60. The summed E-state index contributed by atoms with van der Waals surface area (Å²) in [7, 11) is 0. The second-order valence-corrected chi connectivity index (χ2v) is 4.61. The van der Waals surface area contributed by atoms with Crippen LogP contribution in [0.2, 0.25) is 0 Å². The van der Waals surface area contributed by atoms with E-state index in [1.807, 2.05) is 0 Å². The first-order valence-corrected chi connectivity index (χ1v) is 7.07. The smallest absolute Gasteiger partial charge is 0.408 e. The van der Waals surface area contributed by atoms with E-state index in [9.17, 15) is 9.59 Å². The first-order chi connectivity index (χ1) is 11.6. The predicted octanol–water partition coefficient (Wildman–Crippen LogP) is 3.64. The zero-order chi connectivity index (χ0) is 17.4. The van der Waals surface area contributed by atoms with Gasteiger partial charge in [0.25, 0.3) is 0 Å². The molecule has 122 valence electrons. The van der Waals surface area contributed by atoms with E-state index in [0.29, 0.717) is 5.06 Å². The van der Waals surface area contributed by atoms with Crippen molar-refractivity contribution in [3.63, 3.8) is 0 Å². The zero-order valence-electron chi connectivity index (χ0n) is 12.9. The van der Waals surface area contributed by atoms with E-state index in [-0.39, 0.29) is 11.5 Å². The van der Waals surface area contributed by atoms with Crippen LogP contribution in [0.3, 0.4) is 0 Å². The van der Waals surface area contributed by atoms with E-state index < -0.39 is 18.3 Å². The van der Waals surface area contributed by atoms with Crippen LogP contribution in [0.25, 0.3) is 0 Å². The van der Waals surface area contributed by atoms with E-state index >= 15 is 0 Å². The topological polar surface area (TPSA) is 65.1 Å². The van der Waals surface area contributed by atoms with Crippen LogP contribution in [0.5, 0.6) is 11.5 Å². The molecule has 0 saturated carbocycles. The monoisotopic (exact) mass is 325 g/mol. The lowest BCUT2D eigenvalue weighted by Crippen LogP contribution is -2.42. The van der Waals surface area contributed by atoms with Gasteiger partial charge in [0.05, 0.1) is 0 Å². The van der Waals surface area contributed by atoms with Crippen molar-refractivity contribution < 1.29 is 23.9 Å². The van der Waals surface area contributed by atoms with Gasteiger partial charge in [0.1, 0.15) is 17.5 Å². The van der Waals surface area contributed by atoms with Crippen molar-refractivity contribution in [1.82, 2.24) is 5.06 Å². The number of benzene rings is 2. The summed E-state index contributed by atoms with van der Waals surface area (Å²) in [6.07, 6.45) is 3.26. The number of terminal acetylenes is 1. The molecule has 6 nitrogen and oxygen atoms in total. The van der Waals surface area contributed by atoms with Gasteiger partial charge < -0.3 is 9.47 Å². The molecule has 0 aromatic heterocycles. The largest absolute Gasteiger partial charge is 0.539 e. The molecule has 0 bridgehead atoms. The third-order valence-electron chi connectivity index (χ3n) is 2.84. The zero-order valence-corrected chi connectivity index (χ0v) is 12.9. The van der Waals surface area contributed by atoms with Crippen LogP contribution < -0.4 is 9.47 Å². The number of hydroxylamine groups is 2. The van der Waals surface area contributed by atoms with Gasteiger partial charge in [0, 0.05) is 0 Å². The summed E-state index contributed by atoms with van der Waals surface area (Å²) in [6, 6.07) is 15.8. The van der Waals surface area contributed by atoms with E-state index in [2.05, 4.69) is 5.92 Å². The maximum atomic E-state index is 12.2. The second-order valence-electron chi connectivity index (χ2n) is 4.61. The number of rotatable bonds is 3. The molecule has 2 aromatic carbocycles. The van der Waals surface area contributed by atoms with Gasteiger partial charge in [-0.15, -0.1) is 11.5 Å². The number of para-hydroxylation sites is 2. The van der Waals surface area contributed by atoms with Crippen molar-refractivity contribution in [2.75, 3.05) is 0 Å². The van der Waals surface area contributed by atoms with E-state index in [1.165, 1.54) is 6.92 Å². The van der Waals surface area contributed by atoms with Crippen LogP contribution >= 0.6 is 0 Å². The van der Waals surface area contributed by atoms with Gasteiger partial charge in [-0.2, -0.15) is 0 Å². The van der Waals surface area contributed by atoms with Crippen molar-refractivity contribution in [3.8, 4) is 23.8 Å². The molecular weight excluding hydrogens is 310 g/mol. The highest BCUT2D eigenvalue weighted by Crippen LogP contribution is 2.14. The van der Waals surface area contributed by atoms with Crippen LogP contribution in [0.1, 0.15) is 6.92 Å². The van der Waals surface area contributed by atoms with Crippen LogP contribution in [0.4, 0.5) is 9.59 Å². The minimum Gasteiger partial charge on any atom is -0.408 e. The van der Waals surface area contributed by atoms with Crippen LogP contribution in [-0.2, 0) is 4.84 Å². The fourth-order valence-corrected chi connectivity index (χ4v) is 1.66. The van der Waals surface area contributed by atoms with Gasteiger partial charge in [-0.1, -0.05) is 42.3 Å². The molecule has 0 aliphatic rings. The molecule has 0 fully saturated rings. The fourth-order valence-electron chi connectivity index (χ4n) is 1.66. The molecule has 0 unspecified atom stereocenters. The van der Waals surface area contributed by atoms with Crippen molar-refractivity contribution in [2.24, 2.45) is 0 Å². The lowest BCUT2D eigenvalue weighted by Gasteiger charge is -2.22.